The lowest BCUT2D eigenvalue weighted by atomic mass is 9.95. The number of alkyl halides is 1. The summed E-state index contributed by atoms with van der Waals surface area (Å²) in [4.78, 5) is 4.20. The van der Waals surface area contributed by atoms with Crippen molar-refractivity contribution in [1.29, 1.82) is 0 Å². The number of nitrogens with zero attached hydrogens (tertiary/aromatic N) is 1. The molecule has 0 saturated carbocycles. The molecule has 0 radical (unpaired) electrons. The average molecular weight is 814 g/mol. The zero-order valence-electron chi connectivity index (χ0n) is 26.5. The maximum Gasteiger partial charge on any atom is 0.227 e. The lowest BCUT2D eigenvalue weighted by Crippen LogP contribution is -2.65. The van der Waals surface area contributed by atoms with E-state index < -0.39 is 147 Å². The fraction of sp³-hybridized carbons (Fsp3) is 0.964. The Hall–Kier alpha value is -0.480. The van der Waals surface area contributed by atoms with Crippen molar-refractivity contribution >= 4 is 28.5 Å². The van der Waals surface area contributed by atoms with Crippen molar-refractivity contribution in [3.63, 3.8) is 0 Å². The standard InChI is InChI=1S/C28H48INO18/c1-8(4-31)16(34)19(37)14(29)9(2)43-25-18(36)13(7-42-27-22(40)21(39)17(35)11(5-32)45-27)47-28(23(25)41)48-24-12(6-33)46-26-15(20(24)38)30-10(3)44-26/h8-9,11-28,31-41H,4-7H2,1-3H3/t8?,9-,11?,12?,13?,14?,15?,16+,17+,18+,19?,20?,21?,22?,23?,24+,25?,26-,27-,28-/m0/s1. The number of hydrogen-bond donors (Lipinski definition) is 11. The molecule has 0 aromatic rings. The Kier molecular flexibility index (Phi) is 14.6. The van der Waals surface area contributed by atoms with Crippen molar-refractivity contribution in [1.82, 2.24) is 0 Å². The van der Waals surface area contributed by atoms with Gasteiger partial charge < -0.3 is 89.3 Å². The van der Waals surface area contributed by atoms with Crippen LogP contribution in [0.1, 0.15) is 20.8 Å². The molecule has 0 aromatic carbocycles. The van der Waals surface area contributed by atoms with Crippen molar-refractivity contribution in [3.05, 3.63) is 0 Å². The summed E-state index contributed by atoms with van der Waals surface area (Å²) in [5, 5.41) is 115. The molecule has 0 aliphatic carbocycles. The van der Waals surface area contributed by atoms with Crippen molar-refractivity contribution in [2.24, 2.45) is 10.9 Å². The summed E-state index contributed by atoms with van der Waals surface area (Å²) in [5.74, 6) is -0.438. The quantitative estimate of drug-likeness (QED) is 0.0576. The van der Waals surface area contributed by atoms with Crippen LogP contribution in [0.3, 0.4) is 0 Å². The fourth-order valence-corrected chi connectivity index (χ4v) is 6.55. The van der Waals surface area contributed by atoms with Gasteiger partial charge >= 0.3 is 0 Å². The molecule has 4 heterocycles. The van der Waals surface area contributed by atoms with Crippen molar-refractivity contribution in [2.45, 2.75) is 135 Å². The van der Waals surface area contributed by atoms with Gasteiger partial charge in [-0.25, -0.2) is 4.99 Å². The van der Waals surface area contributed by atoms with Crippen LogP contribution in [0.15, 0.2) is 4.99 Å². The van der Waals surface area contributed by atoms with E-state index in [0.29, 0.717) is 0 Å². The Labute approximate surface area is 289 Å². The first-order chi connectivity index (χ1) is 22.6. The first-order valence-electron chi connectivity index (χ1n) is 15.7. The van der Waals surface area contributed by atoms with E-state index in [4.69, 9.17) is 33.2 Å². The van der Waals surface area contributed by atoms with E-state index in [1.54, 1.807) is 6.92 Å². The number of halogens is 1. The predicted octanol–water partition coefficient (Wildman–Crippen LogP) is -5.54. The van der Waals surface area contributed by atoms with E-state index in [1.807, 2.05) is 22.6 Å². The third kappa shape index (κ3) is 8.58. The second kappa shape index (κ2) is 17.4. The van der Waals surface area contributed by atoms with Crippen LogP contribution in [-0.4, -0.2) is 203 Å². The molecule has 0 aromatic heterocycles. The third-order valence-electron chi connectivity index (χ3n) is 9.01. The van der Waals surface area contributed by atoms with Crippen LogP contribution in [-0.2, 0) is 33.2 Å². The first-order valence-corrected chi connectivity index (χ1v) is 16.9. The van der Waals surface area contributed by atoms with E-state index >= 15 is 0 Å². The second-order valence-electron chi connectivity index (χ2n) is 12.5. The van der Waals surface area contributed by atoms with Gasteiger partial charge in [0.25, 0.3) is 0 Å². The van der Waals surface area contributed by atoms with E-state index in [-0.39, 0.29) is 5.90 Å². The molecule has 4 rings (SSSR count). The fourth-order valence-electron chi connectivity index (χ4n) is 5.96. The SMILES string of the molecule is CC1=NC2C(O)[C@H](O[C@@H]3OC(CO[C@H]4OC(CO)[C@@H](O)C(O)C4O)[C@@H](O)C(O[C@@H](C)C(I)C(O)[C@H](O)C(C)CO)C3O)C(CO)O[C@@H]2O1. The summed E-state index contributed by atoms with van der Waals surface area (Å²) >= 11 is 1.83. The van der Waals surface area contributed by atoms with Crippen molar-refractivity contribution < 1.29 is 89.3 Å². The molecule has 280 valence electrons. The van der Waals surface area contributed by atoms with Crippen molar-refractivity contribution in [3.8, 4) is 0 Å². The second-order valence-corrected chi connectivity index (χ2v) is 14.0. The minimum atomic E-state index is -1.78. The van der Waals surface area contributed by atoms with Crippen LogP contribution in [0, 0.1) is 5.92 Å². The molecule has 0 spiro atoms. The van der Waals surface area contributed by atoms with E-state index in [2.05, 4.69) is 4.99 Å². The largest absolute Gasteiger partial charge is 0.450 e. The molecule has 12 unspecified atom stereocenters. The van der Waals surface area contributed by atoms with Crippen LogP contribution in [0.2, 0.25) is 0 Å². The van der Waals surface area contributed by atoms with Crippen LogP contribution >= 0.6 is 22.6 Å². The van der Waals surface area contributed by atoms with Gasteiger partial charge in [-0.1, -0.05) is 29.5 Å². The highest BCUT2D eigenvalue weighted by Gasteiger charge is 2.54. The molecule has 3 fully saturated rings. The number of hydrogen-bond acceptors (Lipinski definition) is 19. The molecule has 19 nitrogen and oxygen atoms in total. The van der Waals surface area contributed by atoms with E-state index in [9.17, 15) is 56.2 Å². The average Bonchev–Trinajstić information content (AvgIpc) is 3.46. The zero-order valence-corrected chi connectivity index (χ0v) is 28.6. The number of fused-ring (bicyclic) bond motifs is 1. The molecule has 20 atom stereocenters. The molecule has 0 amide bonds. The van der Waals surface area contributed by atoms with Gasteiger partial charge in [0.15, 0.2) is 18.5 Å². The Balaban J connectivity index is 1.55. The van der Waals surface area contributed by atoms with Gasteiger partial charge in [0.1, 0.15) is 73.2 Å². The monoisotopic (exact) mass is 813 g/mol. The lowest BCUT2D eigenvalue weighted by Gasteiger charge is -2.47. The summed E-state index contributed by atoms with van der Waals surface area (Å²) in [6, 6.07) is -0.935. The van der Waals surface area contributed by atoms with Crippen molar-refractivity contribution in [2.75, 3.05) is 26.4 Å². The van der Waals surface area contributed by atoms with Crippen LogP contribution in [0.5, 0.6) is 0 Å². The number of aliphatic hydroxyl groups is 11. The van der Waals surface area contributed by atoms with Crippen LogP contribution in [0.4, 0.5) is 0 Å². The Morgan fingerprint density at radius 1 is 0.750 bits per heavy atom. The summed E-state index contributed by atoms with van der Waals surface area (Å²) in [6.45, 7) is 2.26. The van der Waals surface area contributed by atoms with Gasteiger partial charge in [0, 0.05) is 19.4 Å². The van der Waals surface area contributed by atoms with Crippen LogP contribution < -0.4 is 0 Å². The molecular weight excluding hydrogens is 765 g/mol. The molecule has 48 heavy (non-hydrogen) atoms. The Morgan fingerprint density at radius 2 is 1.40 bits per heavy atom. The number of rotatable bonds is 14. The maximum atomic E-state index is 11.4. The van der Waals surface area contributed by atoms with Gasteiger partial charge in [-0.3, -0.25) is 0 Å². The number of ether oxygens (including phenoxy) is 7. The predicted molar refractivity (Wildman–Crippen MR) is 165 cm³/mol. The molecule has 3 saturated heterocycles. The molecule has 4 aliphatic heterocycles. The highest BCUT2D eigenvalue weighted by molar-refractivity contribution is 14.1. The number of aliphatic hydroxyl groups excluding tert-OH is 11. The van der Waals surface area contributed by atoms with E-state index in [0.717, 1.165) is 0 Å². The van der Waals surface area contributed by atoms with Gasteiger partial charge in [-0.05, 0) is 6.92 Å². The molecule has 11 N–H and O–H groups in total. The summed E-state index contributed by atoms with van der Waals surface area (Å²) in [5.41, 5.74) is 0. The minimum Gasteiger partial charge on any atom is -0.450 e. The van der Waals surface area contributed by atoms with Gasteiger partial charge in [-0.2, -0.15) is 0 Å². The smallest absolute Gasteiger partial charge is 0.227 e. The van der Waals surface area contributed by atoms with Crippen LogP contribution in [0.25, 0.3) is 0 Å². The van der Waals surface area contributed by atoms with Gasteiger partial charge in [0.05, 0.1) is 42.1 Å². The topological polar surface area (TPSA) is 300 Å². The Bertz CT molecular complexity index is 1050. The number of aliphatic imine (C=N–C) groups is 1. The summed E-state index contributed by atoms with van der Waals surface area (Å²) in [7, 11) is 0. The third-order valence-corrected chi connectivity index (χ3v) is 10.8. The van der Waals surface area contributed by atoms with Gasteiger partial charge in [-0.15, -0.1) is 0 Å². The molecule has 20 heteroatoms. The first kappa shape index (κ1) is 40.3. The Morgan fingerprint density at radius 3 is 2.02 bits per heavy atom. The summed E-state index contributed by atoms with van der Waals surface area (Å²) in [6.07, 6.45) is -24.7. The normalized spacial score (nSPS) is 45.0. The highest BCUT2D eigenvalue weighted by atomic mass is 127. The minimum absolute atomic E-state index is 0.236. The molecule has 4 aliphatic rings. The lowest BCUT2D eigenvalue weighted by molar-refractivity contribution is -0.357. The molecular formula is C28H48INO18. The van der Waals surface area contributed by atoms with E-state index in [1.165, 1.54) is 13.8 Å². The zero-order chi connectivity index (χ0) is 35.6. The maximum absolute atomic E-state index is 11.4. The molecule has 0 bridgehead atoms. The summed E-state index contributed by atoms with van der Waals surface area (Å²) < 4.78 is 39.2. The van der Waals surface area contributed by atoms with Gasteiger partial charge in [0.2, 0.25) is 6.29 Å². The highest BCUT2D eigenvalue weighted by Crippen LogP contribution is 2.35.